The first-order valence-corrected chi connectivity index (χ1v) is 9.31. The molecule has 3 aromatic heterocycles. The number of hydrogen-bond acceptors (Lipinski definition) is 7. The second-order valence-corrected chi connectivity index (χ2v) is 6.80. The second kappa shape index (κ2) is 8.37. The summed E-state index contributed by atoms with van der Waals surface area (Å²) in [5, 5.41) is 15.3. The third kappa shape index (κ3) is 4.18. The van der Waals surface area contributed by atoms with E-state index in [1.807, 2.05) is 13.0 Å². The van der Waals surface area contributed by atoms with Crippen molar-refractivity contribution in [3.63, 3.8) is 0 Å². The number of aliphatic hydroxyl groups is 1. The first-order chi connectivity index (χ1) is 14.5. The molecule has 2 amide bonds. The number of nitrogens with zero attached hydrogens (tertiary/aromatic N) is 5. The molecule has 4 rings (SSSR count). The van der Waals surface area contributed by atoms with Crippen molar-refractivity contribution in [3.8, 4) is 11.5 Å². The van der Waals surface area contributed by atoms with E-state index in [2.05, 4.69) is 25.4 Å². The van der Waals surface area contributed by atoms with Gasteiger partial charge in [-0.05, 0) is 36.6 Å². The van der Waals surface area contributed by atoms with E-state index in [1.54, 1.807) is 23.2 Å². The van der Waals surface area contributed by atoms with Crippen LogP contribution in [0.2, 0.25) is 0 Å². The van der Waals surface area contributed by atoms with Crippen LogP contribution in [0.3, 0.4) is 0 Å². The number of hydrogen-bond donors (Lipinski definition) is 2. The van der Waals surface area contributed by atoms with Gasteiger partial charge >= 0.3 is 6.03 Å². The summed E-state index contributed by atoms with van der Waals surface area (Å²) in [5.74, 6) is 0.157. The summed E-state index contributed by atoms with van der Waals surface area (Å²) in [6.45, 7) is 2.31. The maximum absolute atomic E-state index is 14.6. The summed E-state index contributed by atoms with van der Waals surface area (Å²) in [6.07, 6.45) is 5.37. The third-order valence-electron chi connectivity index (χ3n) is 4.64. The number of nitrogens with one attached hydrogen (secondary N) is 1. The Morgan fingerprint density at radius 3 is 2.83 bits per heavy atom. The average molecular weight is 410 g/mol. The Morgan fingerprint density at radius 1 is 1.33 bits per heavy atom. The fourth-order valence-electron chi connectivity index (χ4n) is 3.03. The number of aromatic nitrogens is 4. The van der Waals surface area contributed by atoms with E-state index in [0.29, 0.717) is 30.9 Å². The highest BCUT2D eigenvalue weighted by Gasteiger charge is 2.21. The molecule has 1 aliphatic rings. The van der Waals surface area contributed by atoms with Gasteiger partial charge in [0.05, 0.1) is 5.56 Å². The Hall–Kier alpha value is -3.66. The van der Waals surface area contributed by atoms with Crippen LogP contribution >= 0.6 is 0 Å². The zero-order valence-corrected chi connectivity index (χ0v) is 16.2. The standard InChI is InChI=1S/C20H19FN6O3/c1-12-2-3-16(22-9-12)25-20(29)27-6-4-13(5-7-27)18-15(21)8-14(10-23-18)19-24-17(11-28)26-30-19/h2-4,8-10,28H,5-7,11H2,1H3,(H,22,25,29). The van der Waals surface area contributed by atoms with E-state index in [1.165, 1.54) is 12.3 Å². The molecule has 1 aliphatic heterocycles. The van der Waals surface area contributed by atoms with Gasteiger partial charge in [-0.25, -0.2) is 14.2 Å². The quantitative estimate of drug-likeness (QED) is 0.679. The summed E-state index contributed by atoms with van der Waals surface area (Å²) in [5.41, 5.74) is 2.28. The van der Waals surface area contributed by atoms with Crippen molar-refractivity contribution in [1.82, 2.24) is 25.0 Å². The van der Waals surface area contributed by atoms with Crippen molar-refractivity contribution in [2.75, 3.05) is 18.4 Å². The fraction of sp³-hybridized carbons (Fsp3) is 0.250. The molecule has 0 aliphatic carbocycles. The fourth-order valence-corrected chi connectivity index (χ4v) is 3.03. The van der Waals surface area contributed by atoms with Gasteiger partial charge in [0.1, 0.15) is 23.9 Å². The second-order valence-electron chi connectivity index (χ2n) is 6.80. The first-order valence-electron chi connectivity index (χ1n) is 9.31. The van der Waals surface area contributed by atoms with Crippen LogP contribution in [0.5, 0.6) is 0 Å². The zero-order chi connectivity index (χ0) is 21.1. The Kier molecular flexibility index (Phi) is 5.48. The lowest BCUT2D eigenvalue weighted by molar-refractivity contribution is 0.217. The third-order valence-corrected chi connectivity index (χ3v) is 4.64. The molecule has 10 heteroatoms. The van der Waals surface area contributed by atoms with Crippen molar-refractivity contribution >= 4 is 17.4 Å². The monoisotopic (exact) mass is 410 g/mol. The predicted molar refractivity (Wildman–Crippen MR) is 106 cm³/mol. The molecule has 0 bridgehead atoms. The van der Waals surface area contributed by atoms with Crippen LogP contribution in [0.1, 0.15) is 23.5 Å². The van der Waals surface area contributed by atoms with Gasteiger partial charge in [-0.2, -0.15) is 4.98 Å². The van der Waals surface area contributed by atoms with Crippen molar-refractivity contribution in [2.24, 2.45) is 0 Å². The molecule has 154 valence electrons. The van der Waals surface area contributed by atoms with E-state index in [-0.39, 0.29) is 30.0 Å². The number of carbonyl (C=O) groups is 1. The van der Waals surface area contributed by atoms with E-state index in [0.717, 1.165) is 11.1 Å². The molecule has 0 atom stereocenters. The number of pyridine rings is 2. The molecule has 4 heterocycles. The maximum Gasteiger partial charge on any atom is 0.323 e. The number of aryl methyl sites for hydroxylation is 1. The van der Waals surface area contributed by atoms with E-state index < -0.39 is 5.82 Å². The molecule has 0 aromatic carbocycles. The minimum absolute atomic E-state index is 0.0854. The maximum atomic E-state index is 14.6. The van der Waals surface area contributed by atoms with Crippen LogP contribution in [0.15, 0.2) is 41.2 Å². The molecular formula is C20H19FN6O3. The summed E-state index contributed by atoms with van der Waals surface area (Å²) >= 11 is 0. The molecule has 0 saturated carbocycles. The number of carbonyl (C=O) groups excluding carboxylic acids is 1. The van der Waals surface area contributed by atoms with Gasteiger partial charge in [0.2, 0.25) is 0 Å². The van der Waals surface area contributed by atoms with Gasteiger partial charge in [0.15, 0.2) is 5.82 Å². The van der Waals surface area contributed by atoms with E-state index >= 15 is 0 Å². The van der Waals surface area contributed by atoms with Crippen LogP contribution in [-0.4, -0.2) is 49.2 Å². The summed E-state index contributed by atoms with van der Waals surface area (Å²) in [6, 6.07) is 4.61. The van der Waals surface area contributed by atoms with Crippen LogP contribution in [0.25, 0.3) is 17.0 Å². The Bertz CT molecular complexity index is 1100. The number of anilines is 1. The normalized spacial score (nSPS) is 13.8. The summed E-state index contributed by atoms with van der Waals surface area (Å²) in [7, 11) is 0. The number of aliphatic hydroxyl groups excluding tert-OH is 1. The van der Waals surface area contributed by atoms with Gasteiger partial charge in [-0.15, -0.1) is 0 Å². The number of amides is 2. The summed E-state index contributed by atoms with van der Waals surface area (Å²) in [4.78, 5) is 26.3. The van der Waals surface area contributed by atoms with Gasteiger partial charge in [-0.3, -0.25) is 10.3 Å². The minimum atomic E-state index is -0.524. The molecule has 30 heavy (non-hydrogen) atoms. The van der Waals surface area contributed by atoms with Gasteiger partial charge in [0, 0.05) is 25.5 Å². The van der Waals surface area contributed by atoms with Crippen molar-refractivity contribution in [2.45, 2.75) is 20.0 Å². The van der Waals surface area contributed by atoms with E-state index in [9.17, 15) is 9.18 Å². The highest BCUT2D eigenvalue weighted by molar-refractivity contribution is 5.89. The SMILES string of the molecule is Cc1ccc(NC(=O)N2CC=C(c3ncc(-c4nc(CO)no4)cc3F)CC2)nc1. The highest BCUT2D eigenvalue weighted by atomic mass is 19.1. The first kappa shape index (κ1) is 19.6. The zero-order valence-electron chi connectivity index (χ0n) is 16.2. The van der Waals surface area contributed by atoms with Crippen LogP contribution in [0.4, 0.5) is 15.0 Å². The number of halogens is 1. The number of urea groups is 1. The molecule has 0 saturated heterocycles. The Morgan fingerprint density at radius 2 is 2.20 bits per heavy atom. The lowest BCUT2D eigenvalue weighted by atomic mass is 10.0. The predicted octanol–water partition coefficient (Wildman–Crippen LogP) is 2.79. The molecule has 0 spiro atoms. The van der Waals surface area contributed by atoms with Crippen LogP contribution in [0, 0.1) is 12.7 Å². The Balaban J connectivity index is 1.43. The molecular weight excluding hydrogens is 391 g/mol. The number of rotatable bonds is 4. The van der Waals surface area contributed by atoms with Crippen LogP contribution in [-0.2, 0) is 6.61 Å². The highest BCUT2D eigenvalue weighted by Crippen LogP contribution is 2.26. The van der Waals surface area contributed by atoms with Crippen molar-refractivity contribution < 1.29 is 18.8 Å². The Labute approximate surface area is 171 Å². The largest absolute Gasteiger partial charge is 0.388 e. The van der Waals surface area contributed by atoms with Gasteiger partial charge in [-0.1, -0.05) is 17.3 Å². The molecule has 2 N–H and O–H groups in total. The molecule has 0 fully saturated rings. The van der Waals surface area contributed by atoms with Gasteiger partial charge in [0.25, 0.3) is 5.89 Å². The molecule has 3 aromatic rings. The topological polar surface area (TPSA) is 117 Å². The molecule has 0 unspecified atom stereocenters. The van der Waals surface area contributed by atoms with Crippen molar-refractivity contribution in [3.05, 3.63) is 59.6 Å². The molecule has 9 nitrogen and oxygen atoms in total. The van der Waals surface area contributed by atoms with E-state index in [4.69, 9.17) is 9.63 Å². The lowest BCUT2D eigenvalue weighted by Gasteiger charge is -2.26. The lowest BCUT2D eigenvalue weighted by Crippen LogP contribution is -2.38. The van der Waals surface area contributed by atoms with Crippen molar-refractivity contribution in [1.29, 1.82) is 0 Å². The molecule has 0 radical (unpaired) electrons. The van der Waals surface area contributed by atoms with Crippen LogP contribution < -0.4 is 5.32 Å². The minimum Gasteiger partial charge on any atom is -0.388 e. The average Bonchev–Trinajstić information content (AvgIpc) is 3.25. The van der Waals surface area contributed by atoms with Gasteiger partial charge < -0.3 is 14.5 Å². The summed E-state index contributed by atoms with van der Waals surface area (Å²) < 4.78 is 19.6. The smallest absolute Gasteiger partial charge is 0.323 e.